The topological polar surface area (TPSA) is 12.0 Å². The van der Waals surface area contributed by atoms with E-state index in [1.54, 1.807) is 0 Å². The maximum absolute atomic E-state index is 3.58. The molecule has 0 unspecified atom stereocenters. The second-order valence-electron chi connectivity index (χ2n) is 7.97. The second-order valence-corrected chi connectivity index (χ2v) is 7.97. The van der Waals surface area contributed by atoms with Crippen LogP contribution in [0.15, 0.2) is 24.3 Å². The summed E-state index contributed by atoms with van der Waals surface area (Å²) in [5.41, 5.74) is 3.04. The first-order chi connectivity index (χ1) is 11.6. The Balaban J connectivity index is 2.24. The molecule has 0 aliphatic rings. The zero-order valence-electron chi connectivity index (χ0n) is 16.8. The maximum Gasteiger partial charge on any atom is 0.0340 e. The molecular weight excluding hydrogens is 290 g/mol. The van der Waals surface area contributed by atoms with Crippen molar-refractivity contribution in [3.63, 3.8) is 0 Å². The van der Waals surface area contributed by atoms with Gasteiger partial charge in [-0.2, -0.15) is 0 Å². The fraction of sp³-hybridized carbons (Fsp3) is 0.739. The SMILES string of the molecule is CCCCCCCCCNc1ccc(C(C)(C)CCCCC)cc1. The lowest BCUT2D eigenvalue weighted by molar-refractivity contribution is 0.450. The van der Waals surface area contributed by atoms with Gasteiger partial charge in [-0.1, -0.05) is 97.6 Å². The number of anilines is 1. The Morgan fingerprint density at radius 3 is 1.88 bits per heavy atom. The van der Waals surface area contributed by atoms with Crippen molar-refractivity contribution in [2.24, 2.45) is 0 Å². The van der Waals surface area contributed by atoms with Gasteiger partial charge in [-0.05, 0) is 36.0 Å². The highest BCUT2D eigenvalue weighted by Crippen LogP contribution is 2.30. The maximum atomic E-state index is 3.58. The molecule has 0 atom stereocenters. The van der Waals surface area contributed by atoms with Gasteiger partial charge in [0.25, 0.3) is 0 Å². The number of hydrogen-bond acceptors (Lipinski definition) is 1. The van der Waals surface area contributed by atoms with E-state index >= 15 is 0 Å². The third kappa shape index (κ3) is 8.76. The summed E-state index contributed by atoms with van der Waals surface area (Å²) < 4.78 is 0. The first-order valence-electron chi connectivity index (χ1n) is 10.4. The van der Waals surface area contributed by atoms with E-state index in [4.69, 9.17) is 0 Å². The average molecular weight is 332 g/mol. The molecule has 0 spiro atoms. The van der Waals surface area contributed by atoms with Crippen LogP contribution in [0.1, 0.15) is 104 Å². The van der Waals surface area contributed by atoms with E-state index < -0.39 is 0 Å². The van der Waals surface area contributed by atoms with Crippen LogP contribution in [0, 0.1) is 0 Å². The standard InChI is InChI=1S/C23H41N/c1-5-7-9-10-11-12-14-20-24-22-17-15-21(16-18-22)23(3,4)19-13-8-6-2/h15-18,24H,5-14,19-20H2,1-4H3. The van der Waals surface area contributed by atoms with Gasteiger partial charge < -0.3 is 5.32 Å². The van der Waals surface area contributed by atoms with E-state index in [1.807, 2.05) is 0 Å². The molecule has 0 radical (unpaired) electrons. The molecule has 1 aromatic rings. The first-order valence-corrected chi connectivity index (χ1v) is 10.4. The zero-order chi connectivity index (χ0) is 17.7. The molecule has 1 nitrogen and oxygen atoms in total. The summed E-state index contributed by atoms with van der Waals surface area (Å²) in [6.07, 6.45) is 14.9. The highest BCUT2D eigenvalue weighted by atomic mass is 14.9. The molecule has 0 aliphatic heterocycles. The van der Waals surface area contributed by atoms with Crippen LogP contribution in [0.25, 0.3) is 0 Å². The van der Waals surface area contributed by atoms with Gasteiger partial charge in [0.1, 0.15) is 0 Å². The molecule has 1 rings (SSSR count). The summed E-state index contributed by atoms with van der Waals surface area (Å²) in [5, 5.41) is 3.58. The summed E-state index contributed by atoms with van der Waals surface area (Å²) in [6, 6.07) is 9.16. The van der Waals surface area contributed by atoms with E-state index in [-0.39, 0.29) is 0 Å². The summed E-state index contributed by atoms with van der Waals surface area (Å²) in [7, 11) is 0. The van der Waals surface area contributed by atoms with Crippen LogP contribution in [0.2, 0.25) is 0 Å². The van der Waals surface area contributed by atoms with Gasteiger partial charge in [-0.15, -0.1) is 0 Å². The van der Waals surface area contributed by atoms with Gasteiger partial charge >= 0.3 is 0 Å². The number of hydrogen-bond donors (Lipinski definition) is 1. The molecule has 0 amide bonds. The van der Waals surface area contributed by atoms with Gasteiger partial charge in [-0.3, -0.25) is 0 Å². The molecule has 0 fully saturated rings. The van der Waals surface area contributed by atoms with E-state index in [1.165, 1.54) is 81.9 Å². The van der Waals surface area contributed by atoms with Crippen LogP contribution in [0.3, 0.4) is 0 Å². The Bertz CT molecular complexity index is 405. The molecule has 24 heavy (non-hydrogen) atoms. The third-order valence-electron chi connectivity index (χ3n) is 5.18. The average Bonchev–Trinajstić information content (AvgIpc) is 2.58. The molecule has 0 bridgehead atoms. The van der Waals surface area contributed by atoms with E-state index in [0.717, 1.165) is 6.54 Å². The lowest BCUT2D eigenvalue weighted by atomic mass is 9.80. The molecule has 0 aliphatic carbocycles. The van der Waals surface area contributed by atoms with E-state index in [0.29, 0.717) is 5.41 Å². The first kappa shape index (κ1) is 21.1. The summed E-state index contributed by atoms with van der Waals surface area (Å²) in [6.45, 7) is 10.4. The normalized spacial score (nSPS) is 11.7. The molecular formula is C23H41N. The molecule has 0 saturated carbocycles. The van der Waals surface area contributed by atoms with Crippen molar-refractivity contribution in [2.45, 2.75) is 104 Å². The quantitative estimate of drug-likeness (QED) is 0.344. The number of rotatable bonds is 14. The largest absolute Gasteiger partial charge is 0.385 e. The fourth-order valence-electron chi connectivity index (χ4n) is 3.32. The van der Waals surface area contributed by atoms with Gasteiger partial charge in [0.2, 0.25) is 0 Å². The number of benzene rings is 1. The van der Waals surface area contributed by atoms with Crippen LogP contribution >= 0.6 is 0 Å². The van der Waals surface area contributed by atoms with Crippen molar-refractivity contribution in [2.75, 3.05) is 11.9 Å². The van der Waals surface area contributed by atoms with E-state index in [9.17, 15) is 0 Å². The minimum absolute atomic E-state index is 0.298. The Labute approximate surface area is 151 Å². The van der Waals surface area contributed by atoms with Gasteiger partial charge in [0.05, 0.1) is 0 Å². The summed E-state index contributed by atoms with van der Waals surface area (Å²) >= 11 is 0. The van der Waals surface area contributed by atoms with Crippen LogP contribution in [0.5, 0.6) is 0 Å². The number of nitrogens with one attached hydrogen (secondary N) is 1. The molecule has 138 valence electrons. The molecule has 1 heteroatoms. The fourth-order valence-corrected chi connectivity index (χ4v) is 3.32. The minimum Gasteiger partial charge on any atom is -0.385 e. The van der Waals surface area contributed by atoms with Crippen LogP contribution in [0.4, 0.5) is 5.69 Å². The van der Waals surface area contributed by atoms with Gasteiger partial charge in [0, 0.05) is 12.2 Å². The predicted molar refractivity (Wildman–Crippen MR) is 110 cm³/mol. The Morgan fingerprint density at radius 2 is 1.25 bits per heavy atom. The van der Waals surface area contributed by atoms with E-state index in [2.05, 4.69) is 57.3 Å². The Kier molecular flexibility index (Phi) is 10.9. The Morgan fingerprint density at radius 1 is 0.708 bits per heavy atom. The lowest BCUT2D eigenvalue weighted by Gasteiger charge is -2.25. The lowest BCUT2D eigenvalue weighted by Crippen LogP contribution is -2.17. The monoisotopic (exact) mass is 331 g/mol. The molecule has 0 saturated heterocycles. The smallest absolute Gasteiger partial charge is 0.0340 e. The van der Waals surface area contributed by atoms with Gasteiger partial charge in [-0.25, -0.2) is 0 Å². The van der Waals surface area contributed by atoms with Crippen molar-refractivity contribution >= 4 is 5.69 Å². The third-order valence-corrected chi connectivity index (χ3v) is 5.18. The zero-order valence-corrected chi connectivity index (χ0v) is 16.8. The molecule has 0 aromatic heterocycles. The highest BCUT2D eigenvalue weighted by Gasteiger charge is 2.19. The highest BCUT2D eigenvalue weighted by molar-refractivity contribution is 5.45. The molecule has 1 N–H and O–H groups in total. The van der Waals surface area contributed by atoms with Crippen molar-refractivity contribution < 1.29 is 0 Å². The van der Waals surface area contributed by atoms with Crippen LogP contribution < -0.4 is 5.32 Å². The predicted octanol–water partition coefficient (Wildman–Crippen LogP) is 7.71. The van der Waals surface area contributed by atoms with Crippen LogP contribution in [-0.4, -0.2) is 6.54 Å². The van der Waals surface area contributed by atoms with Crippen molar-refractivity contribution in [3.05, 3.63) is 29.8 Å². The molecule has 1 aromatic carbocycles. The summed E-state index contributed by atoms with van der Waals surface area (Å²) in [5.74, 6) is 0. The van der Waals surface area contributed by atoms with Crippen molar-refractivity contribution in [1.29, 1.82) is 0 Å². The Hall–Kier alpha value is -0.980. The van der Waals surface area contributed by atoms with Crippen molar-refractivity contribution in [1.82, 2.24) is 0 Å². The van der Waals surface area contributed by atoms with Crippen molar-refractivity contribution in [3.8, 4) is 0 Å². The van der Waals surface area contributed by atoms with Gasteiger partial charge in [0.15, 0.2) is 0 Å². The van der Waals surface area contributed by atoms with Crippen LogP contribution in [-0.2, 0) is 5.41 Å². The number of unbranched alkanes of at least 4 members (excludes halogenated alkanes) is 8. The second kappa shape index (κ2) is 12.4. The minimum atomic E-state index is 0.298. The summed E-state index contributed by atoms with van der Waals surface area (Å²) in [4.78, 5) is 0. The molecule has 0 heterocycles.